The highest BCUT2D eigenvalue weighted by atomic mass is 16.8. The zero-order valence-corrected chi connectivity index (χ0v) is 17.7. The van der Waals surface area contributed by atoms with Crippen LogP contribution in [0.4, 0.5) is 0 Å². The predicted octanol–water partition coefficient (Wildman–Crippen LogP) is 2.10. The van der Waals surface area contributed by atoms with Gasteiger partial charge in [-0.25, -0.2) is 0 Å². The van der Waals surface area contributed by atoms with Crippen LogP contribution < -0.4 is 5.32 Å². The first-order chi connectivity index (χ1) is 13.2. The molecule has 8 nitrogen and oxygen atoms in total. The highest BCUT2D eigenvalue weighted by Gasteiger charge is 2.56. The van der Waals surface area contributed by atoms with Crippen molar-refractivity contribution < 1.29 is 33.2 Å². The van der Waals surface area contributed by atoms with Crippen LogP contribution in [0.15, 0.2) is 0 Å². The molecule has 0 spiro atoms. The smallest absolute Gasteiger partial charge is 0.219 e. The molecule has 1 amide bonds. The summed E-state index contributed by atoms with van der Waals surface area (Å²) in [6, 6.07) is 0. The standard InChI is InChI=1S/C20H35NO7/c1-19(2)24-12-13(26-19)11-14-16(17-18(25-14)28-20(3,4)27-17)23-10-8-6-7-9-15(22)21-5/h13-14,16-18H,6-12H2,1-5H3,(H,21,22). The summed E-state index contributed by atoms with van der Waals surface area (Å²) in [5.41, 5.74) is 0. The van der Waals surface area contributed by atoms with Gasteiger partial charge in [0, 0.05) is 26.5 Å². The second kappa shape index (κ2) is 8.93. The zero-order chi connectivity index (χ0) is 20.4. The molecule has 3 rings (SSSR count). The van der Waals surface area contributed by atoms with E-state index in [1.54, 1.807) is 7.05 Å². The summed E-state index contributed by atoms with van der Waals surface area (Å²) in [5, 5.41) is 2.64. The molecular weight excluding hydrogens is 366 g/mol. The van der Waals surface area contributed by atoms with Crippen LogP contribution >= 0.6 is 0 Å². The van der Waals surface area contributed by atoms with Crippen molar-refractivity contribution >= 4 is 5.91 Å². The van der Waals surface area contributed by atoms with Gasteiger partial charge in [0.2, 0.25) is 5.91 Å². The van der Waals surface area contributed by atoms with Gasteiger partial charge < -0.3 is 33.7 Å². The number of fused-ring (bicyclic) bond motifs is 1. The van der Waals surface area contributed by atoms with Crippen LogP contribution in [-0.4, -0.2) is 68.4 Å². The van der Waals surface area contributed by atoms with Crippen LogP contribution in [0.3, 0.4) is 0 Å². The molecule has 0 aliphatic carbocycles. The number of nitrogens with one attached hydrogen (secondary N) is 1. The SMILES string of the molecule is CNC(=O)CCCCCOC1C(CC2COC(C)(C)O2)OC2OC(C)(C)OC21. The first-order valence-corrected chi connectivity index (χ1v) is 10.3. The van der Waals surface area contributed by atoms with Gasteiger partial charge in [-0.15, -0.1) is 0 Å². The molecule has 3 fully saturated rings. The molecule has 5 atom stereocenters. The minimum atomic E-state index is -0.676. The fraction of sp³-hybridized carbons (Fsp3) is 0.950. The molecule has 162 valence electrons. The summed E-state index contributed by atoms with van der Waals surface area (Å²) >= 11 is 0. The van der Waals surface area contributed by atoms with Crippen molar-refractivity contribution in [3.8, 4) is 0 Å². The van der Waals surface area contributed by atoms with E-state index in [-0.39, 0.29) is 30.3 Å². The number of ether oxygens (including phenoxy) is 6. The first-order valence-electron chi connectivity index (χ1n) is 10.3. The maximum atomic E-state index is 11.3. The molecule has 3 saturated heterocycles. The van der Waals surface area contributed by atoms with Gasteiger partial charge in [0.25, 0.3) is 0 Å². The lowest BCUT2D eigenvalue weighted by Crippen LogP contribution is -2.39. The monoisotopic (exact) mass is 401 g/mol. The average Bonchev–Trinajstić information content (AvgIpc) is 3.20. The average molecular weight is 402 g/mol. The van der Waals surface area contributed by atoms with Gasteiger partial charge in [0.15, 0.2) is 17.9 Å². The van der Waals surface area contributed by atoms with Gasteiger partial charge in [0.1, 0.15) is 12.2 Å². The Kier molecular flexibility index (Phi) is 7.00. The number of hydrogen-bond acceptors (Lipinski definition) is 7. The minimum Gasteiger partial charge on any atom is -0.373 e. The molecule has 0 radical (unpaired) electrons. The summed E-state index contributed by atoms with van der Waals surface area (Å²) < 4.78 is 35.8. The minimum absolute atomic E-state index is 0.0366. The van der Waals surface area contributed by atoms with Gasteiger partial charge in [-0.05, 0) is 40.5 Å². The van der Waals surface area contributed by atoms with Crippen LogP contribution in [0, 0.1) is 0 Å². The van der Waals surface area contributed by atoms with Crippen LogP contribution in [0.2, 0.25) is 0 Å². The lowest BCUT2D eigenvalue weighted by Gasteiger charge is -2.27. The molecule has 0 bridgehead atoms. The molecule has 8 heteroatoms. The highest BCUT2D eigenvalue weighted by molar-refractivity contribution is 5.75. The summed E-state index contributed by atoms with van der Waals surface area (Å²) in [6.07, 6.45) is 2.82. The lowest BCUT2D eigenvalue weighted by atomic mass is 10.0. The van der Waals surface area contributed by atoms with Crippen LogP contribution in [0.1, 0.15) is 59.8 Å². The lowest BCUT2D eigenvalue weighted by molar-refractivity contribution is -0.222. The van der Waals surface area contributed by atoms with E-state index in [2.05, 4.69) is 5.32 Å². The predicted molar refractivity (Wildman–Crippen MR) is 100 cm³/mol. The molecule has 0 aromatic rings. The van der Waals surface area contributed by atoms with Crippen LogP contribution in [0.25, 0.3) is 0 Å². The summed E-state index contributed by atoms with van der Waals surface area (Å²) in [4.78, 5) is 11.3. The van der Waals surface area contributed by atoms with Crippen LogP contribution in [0.5, 0.6) is 0 Å². The third kappa shape index (κ3) is 5.64. The van der Waals surface area contributed by atoms with E-state index >= 15 is 0 Å². The van der Waals surface area contributed by atoms with Crippen molar-refractivity contribution in [1.82, 2.24) is 5.32 Å². The zero-order valence-electron chi connectivity index (χ0n) is 17.7. The van der Waals surface area contributed by atoms with Crippen molar-refractivity contribution in [2.45, 2.75) is 102 Å². The molecule has 3 aliphatic rings. The number of carbonyl (C=O) groups excluding carboxylic acids is 1. The van der Waals surface area contributed by atoms with Crippen molar-refractivity contribution in [2.75, 3.05) is 20.3 Å². The number of unbranched alkanes of at least 4 members (excludes halogenated alkanes) is 2. The van der Waals surface area contributed by atoms with E-state index in [0.717, 1.165) is 19.3 Å². The van der Waals surface area contributed by atoms with E-state index in [1.165, 1.54) is 0 Å². The van der Waals surface area contributed by atoms with Crippen molar-refractivity contribution in [3.05, 3.63) is 0 Å². The fourth-order valence-electron chi connectivity index (χ4n) is 3.99. The third-order valence-corrected chi connectivity index (χ3v) is 5.29. The Bertz CT molecular complexity index is 539. The van der Waals surface area contributed by atoms with Crippen molar-refractivity contribution in [3.63, 3.8) is 0 Å². The fourth-order valence-corrected chi connectivity index (χ4v) is 3.99. The van der Waals surface area contributed by atoms with E-state index in [1.807, 2.05) is 27.7 Å². The summed E-state index contributed by atoms with van der Waals surface area (Å²) in [6.45, 7) is 8.74. The second-order valence-electron chi connectivity index (χ2n) is 8.65. The number of carbonyl (C=O) groups is 1. The summed E-state index contributed by atoms with van der Waals surface area (Å²) in [7, 11) is 1.66. The van der Waals surface area contributed by atoms with Gasteiger partial charge in [0.05, 0.1) is 18.8 Å². The quantitative estimate of drug-likeness (QED) is 0.592. The van der Waals surface area contributed by atoms with Gasteiger partial charge in [-0.1, -0.05) is 6.42 Å². The Labute approximate surface area is 167 Å². The molecule has 3 heterocycles. The highest BCUT2D eigenvalue weighted by Crippen LogP contribution is 2.41. The number of rotatable bonds is 9. The number of amides is 1. The van der Waals surface area contributed by atoms with E-state index in [0.29, 0.717) is 26.1 Å². The molecule has 0 aromatic heterocycles. The molecular formula is C20H35NO7. The molecule has 3 aliphatic heterocycles. The Morgan fingerprint density at radius 3 is 2.54 bits per heavy atom. The Morgan fingerprint density at radius 1 is 1.07 bits per heavy atom. The molecule has 5 unspecified atom stereocenters. The van der Waals surface area contributed by atoms with Gasteiger partial charge >= 0.3 is 0 Å². The molecule has 0 aromatic carbocycles. The van der Waals surface area contributed by atoms with E-state index < -0.39 is 17.9 Å². The Balaban J connectivity index is 1.49. The molecule has 1 N–H and O–H groups in total. The maximum Gasteiger partial charge on any atom is 0.219 e. The van der Waals surface area contributed by atoms with E-state index in [9.17, 15) is 4.79 Å². The number of hydrogen-bond donors (Lipinski definition) is 1. The normalized spacial score (nSPS) is 35.8. The molecule has 28 heavy (non-hydrogen) atoms. The van der Waals surface area contributed by atoms with Crippen molar-refractivity contribution in [2.24, 2.45) is 0 Å². The van der Waals surface area contributed by atoms with Crippen molar-refractivity contribution in [1.29, 1.82) is 0 Å². The molecule has 0 saturated carbocycles. The summed E-state index contributed by atoms with van der Waals surface area (Å²) in [5.74, 6) is -1.16. The van der Waals surface area contributed by atoms with Crippen LogP contribution in [-0.2, 0) is 33.2 Å². The Morgan fingerprint density at radius 2 is 1.86 bits per heavy atom. The third-order valence-electron chi connectivity index (χ3n) is 5.29. The largest absolute Gasteiger partial charge is 0.373 e. The first kappa shape index (κ1) is 21.9. The van der Waals surface area contributed by atoms with Gasteiger partial charge in [-0.2, -0.15) is 0 Å². The van der Waals surface area contributed by atoms with Gasteiger partial charge in [-0.3, -0.25) is 4.79 Å². The second-order valence-corrected chi connectivity index (χ2v) is 8.65. The Hall–Kier alpha value is -0.770. The van der Waals surface area contributed by atoms with E-state index in [4.69, 9.17) is 28.4 Å². The maximum absolute atomic E-state index is 11.3. The topological polar surface area (TPSA) is 84.5 Å².